The zero-order chi connectivity index (χ0) is 13.7. The molecule has 106 valence electrons. The molecule has 0 aromatic carbocycles. The fourth-order valence-corrected chi connectivity index (χ4v) is 2.39. The van der Waals surface area contributed by atoms with Gasteiger partial charge < -0.3 is 14.4 Å². The zero-order valence-electron chi connectivity index (χ0n) is 12.1. The molecular weight excluding hydrogens is 242 g/mol. The van der Waals surface area contributed by atoms with E-state index in [9.17, 15) is 0 Å². The molecule has 5 nitrogen and oxygen atoms in total. The number of nitrogens with zero attached hydrogens (tertiary/aromatic N) is 3. The largest absolute Gasteiger partial charge is 0.377 e. The van der Waals surface area contributed by atoms with E-state index in [4.69, 9.17) is 9.47 Å². The molecular formula is C14H23N3O2. The van der Waals surface area contributed by atoms with E-state index in [0.717, 1.165) is 43.5 Å². The summed E-state index contributed by atoms with van der Waals surface area (Å²) in [4.78, 5) is 11.2. The second kappa shape index (κ2) is 6.82. The van der Waals surface area contributed by atoms with Gasteiger partial charge in [0, 0.05) is 38.6 Å². The lowest BCUT2D eigenvalue weighted by atomic mass is 10.2. The molecule has 0 N–H and O–H groups in total. The Morgan fingerprint density at radius 2 is 2.32 bits per heavy atom. The highest BCUT2D eigenvalue weighted by molar-refractivity contribution is 5.39. The highest BCUT2D eigenvalue weighted by Gasteiger charge is 2.19. The second-order valence-corrected chi connectivity index (χ2v) is 4.89. The number of hydrogen-bond donors (Lipinski definition) is 0. The molecule has 1 aromatic rings. The molecule has 5 heteroatoms. The molecule has 19 heavy (non-hydrogen) atoms. The molecule has 2 heterocycles. The highest BCUT2D eigenvalue weighted by Crippen LogP contribution is 2.18. The predicted molar refractivity (Wildman–Crippen MR) is 74.3 cm³/mol. The van der Waals surface area contributed by atoms with Crippen molar-refractivity contribution in [2.75, 3.05) is 31.7 Å². The molecule has 1 unspecified atom stereocenters. The van der Waals surface area contributed by atoms with Crippen LogP contribution in [0, 0.1) is 6.92 Å². The number of ether oxygens (including phenoxy) is 2. The number of hydrogen-bond acceptors (Lipinski definition) is 5. The Morgan fingerprint density at radius 1 is 1.47 bits per heavy atom. The first kappa shape index (κ1) is 14.2. The molecule has 0 radical (unpaired) electrons. The molecule has 0 spiro atoms. The first-order chi connectivity index (χ1) is 9.22. The van der Waals surface area contributed by atoms with Gasteiger partial charge in [-0.15, -0.1) is 0 Å². The second-order valence-electron chi connectivity index (χ2n) is 4.89. The van der Waals surface area contributed by atoms with Gasteiger partial charge in [-0.05, 0) is 26.7 Å². The highest BCUT2D eigenvalue weighted by atomic mass is 16.5. The third-order valence-corrected chi connectivity index (χ3v) is 3.31. The van der Waals surface area contributed by atoms with Crippen molar-refractivity contribution in [1.82, 2.24) is 9.97 Å². The van der Waals surface area contributed by atoms with Gasteiger partial charge in [0.15, 0.2) is 5.82 Å². The van der Waals surface area contributed by atoms with Crippen LogP contribution in [0.15, 0.2) is 6.07 Å². The molecule has 0 bridgehead atoms. The van der Waals surface area contributed by atoms with Crippen LogP contribution in [0.3, 0.4) is 0 Å². The summed E-state index contributed by atoms with van der Waals surface area (Å²) in [5, 5.41) is 0. The SMILES string of the molecule is CCN(CC1CCCO1)c1cc(C)nc(COC)n1. The van der Waals surface area contributed by atoms with E-state index in [2.05, 4.69) is 21.8 Å². The molecule has 0 amide bonds. The Bertz CT molecular complexity index is 406. The van der Waals surface area contributed by atoms with Crippen LogP contribution in [0.2, 0.25) is 0 Å². The van der Waals surface area contributed by atoms with Gasteiger partial charge in [-0.25, -0.2) is 9.97 Å². The lowest BCUT2D eigenvalue weighted by Gasteiger charge is -2.25. The van der Waals surface area contributed by atoms with Crippen LogP contribution in [-0.4, -0.2) is 42.9 Å². The minimum Gasteiger partial charge on any atom is -0.377 e. The summed E-state index contributed by atoms with van der Waals surface area (Å²) in [6, 6.07) is 2.03. The molecule has 1 aromatic heterocycles. The third kappa shape index (κ3) is 3.88. The number of aryl methyl sites for hydroxylation is 1. The molecule has 1 aliphatic rings. The Kier molecular flexibility index (Phi) is 5.10. The van der Waals surface area contributed by atoms with Crippen LogP contribution in [0.25, 0.3) is 0 Å². The van der Waals surface area contributed by atoms with Crippen molar-refractivity contribution in [3.63, 3.8) is 0 Å². The number of rotatable bonds is 6. The average Bonchev–Trinajstić information content (AvgIpc) is 2.88. The summed E-state index contributed by atoms with van der Waals surface area (Å²) in [6.45, 7) is 7.29. The smallest absolute Gasteiger partial charge is 0.156 e. The van der Waals surface area contributed by atoms with Crippen molar-refractivity contribution in [1.29, 1.82) is 0 Å². The topological polar surface area (TPSA) is 47.5 Å². The molecule has 2 rings (SSSR count). The summed E-state index contributed by atoms with van der Waals surface area (Å²) in [7, 11) is 1.66. The monoisotopic (exact) mass is 265 g/mol. The van der Waals surface area contributed by atoms with Crippen LogP contribution in [0.4, 0.5) is 5.82 Å². The Morgan fingerprint density at radius 3 is 2.95 bits per heavy atom. The summed E-state index contributed by atoms with van der Waals surface area (Å²) in [5.74, 6) is 1.71. The number of likely N-dealkylation sites (N-methyl/N-ethyl adjacent to an activating group) is 1. The van der Waals surface area contributed by atoms with E-state index in [1.807, 2.05) is 13.0 Å². The maximum absolute atomic E-state index is 5.70. The van der Waals surface area contributed by atoms with E-state index < -0.39 is 0 Å². The fourth-order valence-electron chi connectivity index (χ4n) is 2.39. The van der Waals surface area contributed by atoms with Crippen LogP contribution >= 0.6 is 0 Å². The maximum Gasteiger partial charge on any atom is 0.156 e. The quantitative estimate of drug-likeness (QED) is 0.786. The van der Waals surface area contributed by atoms with E-state index in [0.29, 0.717) is 12.7 Å². The van der Waals surface area contributed by atoms with Crippen molar-refractivity contribution in [2.24, 2.45) is 0 Å². The van der Waals surface area contributed by atoms with Gasteiger partial charge in [-0.3, -0.25) is 0 Å². The van der Waals surface area contributed by atoms with Crippen LogP contribution in [0.5, 0.6) is 0 Å². The first-order valence-electron chi connectivity index (χ1n) is 6.93. The molecule has 1 atom stereocenters. The molecule has 0 saturated carbocycles. The van der Waals surface area contributed by atoms with Crippen LogP contribution < -0.4 is 4.90 Å². The number of aromatic nitrogens is 2. The minimum absolute atomic E-state index is 0.334. The summed E-state index contributed by atoms with van der Waals surface area (Å²) >= 11 is 0. The lowest BCUT2D eigenvalue weighted by Crippen LogP contribution is -2.33. The maximum atomic E-state index is 5.70. The Labute approximate surface area is 115 Å². The molecule has 1 aliphatic heterocycles. The molecule has 0 aliphatic carbocycles. The van der Waals surface area contributed by atoms with Gasteiger partial charge in [0.05, 0.1) is 6.10 Å². The van der Waals surface area contributed by atoms with Crippen molar-refractivity contribution in [2.45, 2.75) is 39.4 Å². The Balaban J connectivity index is 2.11. The summed E-state index contributed by atoms with van der Waals surface area (Å²) in [6.07, 6.45) is 2.65. The van der Waals surface area contributed by atoms with E-state index in [1.54, 1.807) is 7.11 Å². The van der Waals surface area contributed by atoms with Gasteiger partial charge in [0.25, 0.3) is 0 Å². The van der Waals surface area contributed by atoms with Gasteiger partial charge in [0.1, 0.15) is 12.4 Å². The first-order valence-corrected chi connectivity index (χ1v) is 6.93. The number of methoxy groups -OCH3 is 1. The van der Waals surface area contributed by atoms with Crippen molar-refractivity contribution >= 4 is 5.82 Å². The van der Waals surface area contributed by atoms with Crippen LogP contribution in [0.1, 0.15) is 31.3 Å². The number of anilines is 1. The van der Waals surface area contributed by atoms with E-state index in [-0.39, 0.29) is 0 Å². The van der Waals surface area contributed by atoms with Crippen molar-refractivity contribution < 1.29 is 9.47 Å². The summed E-state index contributed by atoms with van der Waals surface area (Å²) < 4.78 is 10.8. The zero-order valence-corrected chi connectivity index (χ0v) is 12.1. The van der Waals surface area contributed by atoms with Gasteiger partial charge in [0.2, 0.25) is 0 Å². The average molecular weight is 265 g/mol. The third-order valence-electron chi connectivity index (χ3n) is 3.31. The van der Waals surface area contributed by atoms with Crippen molar-refractivity contribution in [3.8, 4) is 0 Å². The van der Waals surface area contributed by atoms with Gasteiger partial charge in [-0.1, -0.05) is 0 Å². The fraction of sp³-hybridized carbons (Fsp3) is 0.714. The standard InChI is InChI=1S/C14H23N3O2/c1-4-17(9-12-6-5-7-19-12)14-8-11(2)15-13(16-14)10-18-3/h8,12H,4-7,9-10H2,1-3H3. The van der Waals surface area contributed by atoms with Gasteiger partial charge >= 0.3 is 0 Å². The predicted octanol–water partition coefficient (Wildman–Crippen LogP) is 1.94. The van der Waals surface area contributed by atoms with E-state index >= 15 is 0 Å². The van der Waals surface area contributed by atoms with Gasteiger partial charge in [-0.2, -0.15) is 0 Å². The normalized spacial score (nSPS) is 18.8. The molecule has 1 fully saturated rings. The lowest BCUT2D eigenvalue weighted by molar-refractivity contribution is 0.115. The van der Waals surface area contributed by atoms with Crippen molar-refractivity contribution in [3.05, 3.63) is 17.6 Å². The summed E-state index contributed by atoms with van der Waals surface area (Å²) in [5.41, 5.74) is 0.975. The van der Waals surface area contributed by atoms with Crippen LogP contribution in [-0.2, 0) is 16.1 Å². The molecule has 1 saturated heterocycles. The Hall–Kier alpha value is -1.20. The van der Waals surface area contributed by atoms with E-state index in [1.165, 1.54) is 6.42 Å². The minimum atomic E-state index is 0.334.